The smallest absolute Gasteiger partial charge is 0.324 e. The van der Waals surface area contributed by atoms with Crippen molar-refractivity contribution in [3.05, 3.63) is 94.8 Å². The maximum Gasteiger partial charge on any atom is 0.418 e. The second-order valence-corrected chi connectivity index (χ2v) is 6.80. The van der Waals surface area contributed by atoms with Crippen molar-refractivity contribution in [2.24, 2.45) is 0 Å². The number of carbonyl (C=O) groups excluding carboxylic acids is 1. The quantitative estimate of drug-likeness (QED) is 0.517. The predicted molar refractivity (Wildman–Crippen MR) is 112 cm³/mol. The highest BCUT2D eigenvalue weighted by molar-refractivity contribution is 5.92. The van der Waals surface area contributed by atoms with Gasteiger partial charge in [0.15, 0.2) is 0 Å². The molecular formula is C23H16F3N3O2. The number of benzene rings is 3. The number of alkyl halides is 3. The van der Waals surface area contributed by atoms with E-state index >= 15 is 0 Å². The molecular weight excluding hydrogens is 407 g/mol. The summed E-state index contributed by atoms with van der Waals surface area (Å²) in [5.74, 6) is -0.755. The van der Waals surface area contributed by atoms with E-state index in [1.165, 1.54) is 22.8 Å². The van der Waals surface area contributed by atoms with E-state index < -0.39 is 29.8 Å². The molecule has 0 saturated carbocycles. The molecule has 156 valence electrons. The van der Waals surface area contributed by atoms with Gasteiger partial charge < -0.3 is 5.32 Å². The minimum absolute atomic E-state index is 0.155. The van der Waals surface area contributed by atoms with E-state index in [1.807, 2.05) is 0 Å². The SMILES string of the molecule is O=C(Cn1c(=O)c(-c2ccccc2)nc2ccccc21)Nc1ccccc1C(F)(F)F. The first-order valence-corrected chi connectivity index (χ1v) is 9.35. The van der Waals surface area contributed by atoms with E-state index in [0.29, 0.717) is 16.6 Å². The molecule has 0 aliphatic rings. The number of amides is 1. The van der Waals surface area contributed by atoms with Gasteiger partial charge >= 0.3 is 6.18 Å². The molecule has 1 aromatic heterocycles. The lowest BCUT2D eigenvalue weighted by molar-refractivity contribution is -0.137. The average Bonchev–Trinajstić information content (AvgIpc) is 2.76. The lowest BCUT2D eigenvalue weighted by Crippen LogP contribution is -2.30. The van der Waals surface area contributed by atoms with Gasteiger partial charge in [-0.05, 0) is 24.3 Å². The Hall–Kier alpha value is -3.94. The van der Waals surface area contributed by atoms with Crippen molar-refractivity contribution in [3.8, 4) is 11.3 Å². The number of para-hydroxylation sites is 3. The highest BCUT2D eigenvalue weighted by Crippen LogP contribution is 2.34. The summed E-state index contributed by atoms with van der Waals surface area (Å²) in [7, 11) is 0. The Balaban J connectivity index is 1.75. The van der Waals surface area contributed by atoms with E-state index in [0.717, 1.165) is 6.07 Å². The topological polar surface area (TPSA) is 64.0 Å². The van der Waals surface area contributed by atoms with Crippen LogP contribution in [-0.4, -0.2) is 15.5 Å². The van der Waals surface area contributed by atoms with Crippen LogP contribution in [0.1, 0.15) is 5.56 Å². The average molecular weight is 423 g/mol. The van der Waals surface area contributed by atoms with Crippen molar-refractivity contribution in [3.63, 3.8) is 0 Å². The third-order valence-corrected chi connectivity index (χ3v) is 4.71. The van der Waals surface area contributed by atoms with Gasteiger partial charge in [-0.2, -0.15) is 13.2 Å². The number of nitrogens with zero attached hydrogens (tertiary/aromatic N) is 2. The molecule has 0 aliphatic heterocycles. The standard InChI is InChI=1S/C23H16F3N3O2/c24-23(25,26)16-10-4-5-11-17(16)27-20(30)14-29-19-13-7-6-12-18(19)28-21(22(29)31)15-8-2-1-3-9-15/h1-13H,14H2,(H,27,30). The fraction of sp³-hybridized carbons (Fsp3) is 0.0870. The molecule has 0 unspecified atom stereocenters. The van der Waals surface area contributed by atoms with Crippen molar-refractivity contribution >= 4 is 22.6 Å². The summed E-state index contributed by atoms with van der Waals surface area (Å²) in [6.07, 6.45) is -4.62. The van der Waals surface area contributed by atoms with Crippen LogP contribution in [0.3, 0.4) is 0 Å². The van der Waals surface area contributed by atoms with Crippen LogP contribution >= 0.6 is 0 Å². The number of anilines is 1. The zero-order valence-electron chi connectivity index (χ0n) is 16.1. The van der Waals surface area contributed by atoms with Gasteiger partial charge in [-0.1, -0.05) is 54.6 Å². The van der Waals surface area contributed by atoms with Gasteiger partial charge in [0.05, 0.1) is 22.3 Å². The number of aromatic nitrogens is 2. The van der Waals surface area contributed by atoms with Gasteiger partial charge in [0.25, 0.3) is 5.56 Å². The Bertz CT molecular complexity index is 1320. The third-order valence-electron chi connectivity index (χ3n) is 4.71. The van der Waals surface area contributed by atoms with Crippen LogP contribution < -0.4 is 10.9 Å². The molecule has 4 rings (SSSR count). The Morgan fingerprint density at radius 2 is 1.55 bits per heavy atom. The molecule has 1 heterocycles. The van der Waals surface area contributed by atoms with Crippen LogP contribution in [0.2, 0.25) is 0 Å². The first kappa shape index (κ1) is 20.3. The number of rotatable bonds is 4. The van der Waals surface area contributed by atoms with Crippen LogP contribution in [0.25, 0.3) is 22.3 Å². The molecule has 1 N–H and O–H groups in total. The molecule has 1 amide bonds. The largest absolute Gasteiger partial charge is 0.418 e. The monoisotopic (exact) mass is 423 g/mol. The van der Waals surface area contributed by atoms with Crippen LogP contribution in [0.4, 0.5) is 18.9 Å². The maximum atomic E-state index is 13.2. The van der Waals surface area contributed by atoms with Crippen LogP contribution in [0, 0.1) is 0 Å². The molecule has 0 saturated heterocycles. The highest BCUT2D eigenvalue weighted by Gasteiger charge is 2.33. The lowest BCUT2D eigenvalue weighted by Gasteiger charge is -2.15. The van der Waals surface area contributed by atoms with Gasteiger partial charge in [-0.15, -0.1) is 0 Å². The molecule has 0 fully saturated rings. The van der Waals surface area contributed by atoms with Crippen molar-refractivity contribution in [1.29, 1.82) is 0 Å². The van der Waals surface area contributed by atoms with Crippen molar-refractivity contribution < 1.29 is 18.0 Å². The third kappa shape index (κ3) is 4.18. The molecule has 0 radical (unpaired) electrons. The van der Waals surface area contributed by atoms with E-state index in [4.69, 9.17) is 0 Å². The molecule has 5 nitrogen and oxygen atoms in total. The van der Waals surface area contributed by atoms with E-state index in [1.54, 1.807) is 54.6 Å². The molecule has 8 heteroatoms. The minimum Gasteiger partial charge on any atom is -0.324 e. The fourth-order valence-electron chi connectivity index (χ4n) is 3.31. The second-order valence-electron chi connectivity index (χ2n) is 6.80. The molecule has 0 spiro atoms. The Morgan fingerprint density at radius 1 is 0.903 bits per heavy atom. The summed E-state index contributed by atoms with van der Waals surface area (Å²) >= 11 is 0. The minimum atomic E-state index is -4.62. The molecule has 31 heavy (non-hydrogen) atoms. The van der Waals surface area contributed by atoms with E-state index in [2.05, 4.69) is 10.3 Å². The molecule has 3 aromatic carbocycles. The van der Waals surface area contributed by atoms with Crippen LogP contribution in [0.5, 0.6) is 0 Å². The van der Waals surface area contributed by atoms with Crippen molar-refractivity contribution in [1.82, 2.24) is 9.55 Å². The molecule has 0 aliphatic carbocycles. The van der Waals surface area contributed by atoms with Crippen LogP contribution in [-0.2, 0) is 17.5 Å². The number of nitrogens with one attached hydrogen (secondary N) is 1. The van der Waals surface area contributed by atoms with E-state index in [9.17, 15) is 22.8 Å². The van der Waals surface area contributed by atoms with Gasteiger partial charge in [-0.3, -0.25) is 14.2 Å². The number of hydrogen-bond donors (Lipinski definition) is 1. The Labute approximate surface area is 174 Å². The first-order chi connectivity index (χ1) is 14.8. The summed E-state index contributed by atoms with van der Waals surface area (Å²) in [4.78, 5) is 30.2. The second kappa shape index (κ2) is 8.06. The fourth-order valence-corrected chi connectivity index (χ4v) is 3.31. The van der Waals surface area contributed by atoms with Gasteiger partial charge in [0.1, 0.15) is 12.2 Å². The summed E-state index contributed by atoms with van der Waals surface area (Å²) in [6, 6.07) is 20.2. The molecule has 0 atom stereocenters. The first-order valence-electron chi connectivity index (χ1n) is 9.35. The normalized spacial score (nSPS) is 11.5. The summed E-state index contributed by atoms with van der Waals surface area (Å²) in [6.45, 7) is -0.464. The van der Waals surface area contributed by atoms with Crippen LogP contribution in [0.15, 0.2) is 83.7 Å². The lowest BCUT2D eigenvalue weighted by atomic mass is 10.1. The number of halogens is 3. The summed E-state index contributed by atoms with van der Waals surface area (Å²) in [5, 5.41) is 2.28. The Kier molecular flexibility index (Phi) is 5.29. The van der Waals surface area contributed by atoms with Gasteiger partial charge in [-0.25, -0.2) is 4.98 Å². The van der Waals surface area contributed by atoms with Gasteiger partial charge in [0, 0.05) is 5.56 Å². The van der Waals surface area contributed by atoms with Gasteiger partial charge in [0.2, 0.25) is 5.91 Å². The summed E-state index contributed by atoms with van der Waals surface area (Å²) < 4.78 is 40.9. The Morgan fingerprint density at radius 3 is 2.29 bits per heavy atom. The van der Waals surface area contributed by atoms with E-state index in [-0.39, 0.29) is 11.4 Å². The zero-order chi connectivity index (χ0) is 22.0. The summed E-state index contributed by atoms with van der Waals surface area (Å²) in [5.41, 5.74) is -0.201. The molecule has 0 bridgehead atoms. The molecule has 4 aromatic rings. The highest BCUT2D eigenvalue weighted by atomic mass is 19.4. The number of fused-ring (bicyclic) bond motifs is 1. The van der Waals surface area contributed by atoms with Crippen molar-refractivity contribution in [2.75, 3.05) is 5.32 Å². The number of carbonyl (C=O) groups is 1. The van der Waals surface area contributed by atoms with Crippen molar-refractivity contribution in [2.45, 2.75) is 12.7 Å². The maximum absolute atomic E-state index is 13.2. The predicted octanol–water partition coefficient (Wildman–Crippen LogP) is 4.72. The number of hydrogen-bond acceptors (Lipinski definition) is 3. The zero-order valence-corrected chi connectivity index (χ0v) is 16.1.